The highest BCUT2D eigenvalue weighted by Crippen LogP contribution is 2.18. The number of hydrogen-bond acceptors (Lipinski definition) is 2. The summed E-state index contributed by atoms with van der Waals surface area (Å²) < 4.78 is 11.3. The summed E-state index contributed by atoms with van der Waals surface area (Å²) in [5, 5.41) is 0. The molecule has 1 heterocycles. The van der Waals surface area contributed by atoms with Gasteiger partial charge in [-0.25, -0.2) is 0 Å². The molecule has 2 atom stereocenters. The van der Waals surface area contributed by atoms with Gasteiger partial charge in [0.25, 0.3) is 0 Å². The first-order valence-corrected chi connectivity index (χ1v) is 10.6. The fourth-order valence-corrected chi connectivity index (χ4v) is 3.63. The Labute approximate surface area is 146 Å². The van der Waals surface area contributed by atoms with Gasteiger partial charge in [-0.3, -0.25) is 0 Å². The van der Waals surface area contributed by atoms with Crippen molar-refractivity contribution in [1.29, 1.82) is 0 Å². The third kappa shape index (κ3) is 11.9. The van der Waals surface area contributed by atoms with Crippen molar-refractivity contribution in [1.82, 2.24) is 0 Å². The number of rotatable bonds is 14. The largest absolute Gasteiger partial charge is 0.353 e. The van der Waals surface area contributed by atoms with Crippen LogP contribution in [0.3, 0.4) is 0 Å². The van der Waals surface area contributed by atoms with E-state index in [0.29, 0.717) is 0 Å². The third-order valence-electron chi connectivity index (χ3n) is 4.47. The van der Waals surface area contributed by atoms with E-state index in [1.54, 1.807) is 0 Å². The van der Waals surface area contributed by atoms with E-state index in [4.69, 9.17) is 9.47 Å². The highest BCUT2D eigenvalue weighted by atomic mass is 79.9. The van der Waals surface area contributed by atoms with Crippen molar-refractivity contribution in [2.45, 2.75) is 108 Å². The molecule has 2 nitrogen and oxygen atoms in total. The van der Waals surface area contributed by atoms with Gasteiger partial charge < -0.3 is 9.47 Å². The molecule has 2 unspecified atom stereocenters. The first-order chi connectivity index (χ1) is 10.8. The van der Waals surface area contributed by atoms with Gasteiger partial charge in [0.1, 0.15) is 0 Å². The van der Waals surface area contributed by atoms with Crippen LogP contribution in [0.5, 0.6) is 0 Å². The van der Waals surface area contributed by atoms with Crippen LogP contribution < -0.4 is 0 Å². The summed E-state index contributed by atoms with van der Waals surface area (Å²) in [7, 11) is 0. The van der Waals surface area contributed by atoms with Crippen molar-refractivity contribution in [3.8, 4) is 0 Å². The molecule has 1 saturated heterocycles. The van der Waals surface area contributed by atoms with Crippen molar-refractivity contribution >= 4 is 15.9 Å². The first-order valence-electron chi connectivity index (χ1n) is 9.70. The summed E-state index contributed by atoms with van der Waals surface area (Å²) in [6.07, 6.45) is 18.5. The Bertz CT molecular complexity index is 229. The van der Waals surface area contributed by atoms with Crippen molar-refractivity contribution < 1.29 is 9.47 Å². The van der Waals surface area contributed by atoms with Crippen LogP contribution in [0.25, 0.3) is 0 Å². The second-order valence-electron chi connectivity index (χ2n) is 6.67. The maximum absolute atomic E-state index is 5.76. The standard InChI is InChI=1S/C19H37BrO2/c1-2-3-13-18(20)14-9-7-5-4-6-8-11-16-21-19-15-10-12-17-22-19/h18-19H,2-17H2,1H3. The lowest BCUT2D eigenvalue weighted by atomic mass is 10.1. The molecule has 0 bridgehead atoms. The average Bonchev–Trinajstić information content (AvgIpc) is 2.55. The van der Waals surface area contributed by atoms with Gasteiger partial charge in [0.2, 0.25) is 0 Å². The lowest BCUT2D eigenvalue weighted by Gasteiger charge is -2.22. The Kier molecular flexibility index (Phi) is 13.9. The number of hydrogen-bond donors (Lipinski definition) is 0. The number of ether oxygens (including phenoxy) is 2. The predicted molar refractivity (Wildman–Crippen MR) is 98.7 cm³/mol. The summed E-state index contributed by atoms with van der Waals surface area (Å²) in [5.41, 5.74) is 0. The third-order valence-corrected chi connectivity index (χ3v) is 5.39. The minimum atomic E-state index is 0.0960. The van der Waals surface area contributed by atoms with E-state index in [1.165, 1.54) is 83.5 Å². The van der Waals surface area contributed by atoms with E-state index in [-0.39, 0.29) is 6.29 Å². The number of halogens is 1. The van der Waals surface area contributed by atoms with Crippen LogP contribution >= 0.6 is 15.9 Å². The number of alkyl halides is 1. The quantitative estimate of drug-likeness (QED) is 0.251. The molecule has 0 amide bonds. The summed E-state index contributed by atoms with van der Waals surface area (Å²) in [4.78, 5) is 0.756. The fourth-order valence-electron chi connectivity index (χ4n) is 2.98. The Morgan fingerprint density at radius 1 is 0.955 bits per heavy atom. The molecular weight excluding hydrogens is 340 g/mol. The zero-order valence-corrected chi connectivity index (χ0v) is 16.2. The molecule has 0 aromatic heterocycles. The molecule has 1 rings (SSSR count). The lowest BCUT2D eigenvalue weighted by Crippen LogP contribution is -2.22. The Balaban J connectivity index is 1.74. The number of unbranched alkanes of at least 4 members (excludes halogenated alkanes) is 7. The summed E-state index contributed by atoms with van der Waals surface area (Å²) >= 11 is 3.80. The second-order valence-corrected chi connectivity index (χ2v) is 7.96. The molecule has 0 aromatic carbocycles. The molecule has 0 aliphatic carbocycles. The Hall–Kier alpha value is 0.400. The highest BCUT2D eigenvalue weighted by molar-refractivity contribution is 9.09. The van der Waals surface area contributed by atoms with Gasteiger partial charge in [-0.1, -0.05) is 74.2 Å². The van der Waals surface area contributed by atoms with Crippen LogP contribution in [-0.4, -0.2) is 24.3 Å². The SMILES string of the molecule is CCCCC(Br)CCCCCCCCCOC1CCCCO1. The molecular formula is C19H37BrO2. The topological polar surface area (TPSA) is 18.5 Å². The van der Waals surface area contributed by atoms with Gasteiger partial charge in [-0.05, 0) is 38.5 Å². The van der Waals surface area contributed by atoms with Gasteiger partial charge in [0.15, 0.2) is 6.29 Å². The normalized spacial score (nSPS) is 20.2. The molecule has 0 radical (unpaired) electrons. The lowest BCUT2D eigenvalue weighted by molar-refractivity contribution is -0.162. The van der Waals surface area contributed by atoms with E-state index < -0.39 is 0 Å². The van der Waals surface area contributed by atoms with E-state index in [0.717, 1.165) is 24.5 Å². The minimum Gasteiger partial charge on any atom is -0.353 e. The van der Waals surface area contributed by atoms with Crippen molar-refractivity contribution in [3.05, 3.63) is 0 Å². The second kappa shape index (κ2) is 15.0. The Morgan fingerprint density at radius 2 is 1.64 bits per heavy atom. The molecule has 0 saturated carbocycles. The highest BCUT2D eigenvalue weighted by Gasteiger charge is 2.13. The van der Waals surface area contributed by atoms with Crippen molar-refractivity contribution in [2.24, 2.45) is 0 Å². The van der Waals surface area contributed by atoms with Crippen LogP contribution in [0.1, 0.15) is 96.8 Å². The van der Waals surface area contributed by atoms with Crippen LogP contribution in [0.2, 0.25) is 0 Å². The van der Waals surface area contributed by atoms with E-state index >= 15 is 0 Å². The minimum absolute atomic E-state index is 0.0960. The predicted octanol–water partition coefficient (Wildman–Crippen LogP) is 6.60. The first kappa shape index (κ1) is 20.4. The molecule has 3 heteroatoms. The molecule has 0 N–H and O–H groups in total. The van der Waals surface area contributed by atoms with E-state index in [1.807, 2.05) is 0 Å². The molecule has 0 spiro atoms. The molecule has 0 aromatic rings. The summed E-state index contributed by atoms with van der Waals surface area (Å²) in [6, 6.07) is 0. The van der Waals surface area contributed by atoms with Crippen molar-refractivity contribution in [3.63, 3.8) is 0 Å². The molecule has 1 fully saturated rings. The molecule has 1 aliphatic heterocycles. The Morgan fingerprint density at radius 3 is 2.32 bits per heavy atom. The fraction of sp³-hybridized carbons (Fsp3) is 1.00. The average molecular weight is 377 g/mol. The summed E-state index contributed by atoms with van der Waals surface area (Å²) in [5.74, 6) is 0. The molecule has 22 heavy (non-hydrogen) atoms. The monoisotopic (exact) mass is 376 g/mol. The van der Waals surface area contributed by atoms with Gasteiger partial charge in [-0.2, -0.15) is 0 Å². The maximum atomic E-state index is 5.76. The van der Waals surface area contributed by atoms with E-state index in [2.05, 4.69) is 22.9 Å². The van der Waals surface area contributed by atoms with Crippen LogP contribution in [0.15, 0.2) is 0 Å². The molecule has 1 aliphatic rings. The van der Waals surface area contributed by atoms with Gasteiger partial charge in [0.05, 0.1) is 0 Å². The summed E-state index contributed by atoms with van der Waals surface area (Å²) in [6.45, 7) is 4.04. The van der Waals surface area contributed by atoms with Crippen LogP contribution in [0.4, 0.5) is 0 Å². The maximum Gasteiger partial charge on any atom is 0.157 e. The van der Waals surface area contributed by atoms with Crippen molar-refractivity contribution in [2.75, 3.05) is 13.2 Å². The van der Waals surface area contributed by atoms with Crippen LogP contribution in [-0.2, 0) is 9.47 Å². The zero-order valence-electron chi connectivity index (χ0n) is 14.7. The molecule has 132 valence electrons. The van der Waals surface area contributed by atoms with Crippen LogP contribution in [0, 0.1) is 0 Å². The zero-order chi connectivity index (χ0) is 15.9. The van der Waals surface area contributed by atoms with Gasteiger partial charge in [-0.15, -0.1) is 0 Å². The smallest absolute Gasteiger partial charge is 0.157 e. The van der Waals surface area contributed by atoms with Gasteiger partial charge in [0, 0.05) is 18.0 Å². The van der Waals surface area contributed by atoms with E-state index in [9.17, 15) is 0 Å². The van der Waals surface area contributed by atoms with Gasteiger partial charge >= 0.3 is 0 Å².